The standard InChI is InChI=1S/C12H15FIO/c13-12-6-4-11(5-7-12)3-1-9-15-10-2-8-14/h1,3-4,6-7H,2,5,8-10H2/b3-1+. The number of halogens is 2. The second kappa shape index (κ2) is 8.05. The Balaban J connectivity index is 2.09. The van der Waals surface area contributed by atoms with E-state index >= 15 is 0 Å². The summed E-state index contributed by atoms with van der Waals surface area (Å²) in [5.41, 5.74) is 0. The van der Waals surface area contributed by atoms with Crippen molar-refractivity contribution in [1.29, 1.82) is 0 Å². The Hall–Kier alpha value is -0.160. The van der Waals surface area contributed by atoms with Crippen LogP contribution < -0.4 is 0 Å². The van der Waals surface area contributed by atoms with Crippen LogP contribution >= 0.6 is 22.6 Å². The quantitative estimate of drug-likeness (QED) is 0.411. The van der Waals surface area contributed by atoms with Crippen LogP contribution in [-0.4, -0.2) is 17.6 Å². The van der Waals surface area contributed by atoms with E-state index in [9.17, 15) is 4.39 Å². The summed E-state index contributed by atoms with van der Waals surface area (Å²) in [6.45, 7) is 1.45. The average molecular weight is 321 g/mol. The van der Waals surface area contributed by atoms with Crippen molar-refractivity contribution in [3.8, 4) is 0 Å². The van der Waals surface area contributed by atoms with E-state index in [0.29, 0.717) is 13.0 Å². The summed E-state index contributed by atoms with van der Waals surface area (Å²) in [5, 5.41) is 0. The molecule has 1 nitrogen and oxygen atoms in total. The van der Waals surface area contributed by atoms with Gasteiger partial charge in [-0.3, -0.25) is 0 Å². The van der Waals surface area contributed by atoms with Gasteiger partial charge in [0, 0.05) is 17.0 Å². The van der Waals surface area contributed by atoms with E-state index in [2.05, 4.69) is 22.6 Å². The molecule has 0 unspecified atom stereocenters. The predicted molar refractivity (Wildman–Crippen MR) is 69.7 cm³/mol. The van der Waals surface area contributed by atoms with Gasteiger partial charge in [0.15, 0.2) is 0 Å². The highest BCUT2D eigenvalue weighted by atomic mass is 127. The third-order valence-electron chi connectivity index (χ3n) is 1.96. The van der Waals surface area contributed by atoms with E-state index < -0.39 is 0 Å². The minimum absolute atomic E-state index is 0.148. The molecule has 15 heavy (non-hydrogen) atoms. The van der Waals surface area contributed by atoms with Crippen LogP contribution in [0.1, 0.15) is 12.8 Å². The number of rotatable bonds is 6. The Labute approximate surface area is 104 Å². The molecule has 0 bridgehead atoms. The molecule has 0 aromatic rings. The summed E-state index contributed by atoms with van der Waals surface area (Å²) in [7, 11) is 0. The maximum Gasteiger partial charge on any atom is 0.118 e. The van der Waals surface area contributed by atoms with Gasteiger partial charge in [-0.2, -0.15) is 0 Å². The minimum Gasteiger partial charge on any atom is -0.377 e. The van der Waals surface area contributed by atoms with Crippen LogP contribution in [0.25, 0.3) is 0 Å². The van der Waals surface area contributed by atoms with E-state index in [-0.39, 0.29) is 5.83 Å². The van der Waals surface area contributed by atoms with Gasteiger partial charge in [0.1, 0.15) is 5.83 Å². The molecule has 0 amide bonds. The number of alkyl halides is 1. The lowest BCUT2D eigenvalue weighted by atomic mass is 10.0. The first kappa shape index (κ1) is 12.9. The van der Waals surface area contributed by atoms with Crippen molar-refractivity contribution in [3.63, 3.8) is 0 Å². The molecule has 0 saturated carbocycles. The Bertz CT molecular complexity index is 258. The normalized spacial score (nSPS) is 17.3. The van der Waals surface area contributed by atoms with E-state index in [4.69, 9.17) is 4.74 Å². The molecular formula is C12H15FIO. The van der Waals surface area contributed by atoms with E-state index in [1.54, 1.807) is 12.2 Å². The zero-order valence-electron chi connectivity index (χ0n) is 8.59. The van der Waals surface area contributed by atoms with Crippen LogP contribution in [0.3, 0.4) is 0 Å². The van der Waals surface area contributed by atoms with Crippen molar-refractivity contribution in [2.24, 2.45) is 0 Å². The Morgan fingerprint density at radius 2 is 2.33 bits per heavy atom. The first-order chi connectivity index (χ1) is 7.33. The molecule has 83 valence electrons. The molecular weight excluding hydrogens is 306 g/mol. The van der Waals surface area contributed by atoms with Crippen molar-refractivity contribution >= 4 is 22.6 Å². The Morgan fingerprint density at radius 1 is 1.47 bits per heavy atom. The van der Waals surface area contributed by atoms with Crippen molar-refractivity contribution in [1.82, 2.24) is 0 Å². The molecule has 0 N–H and O–H groups in total. The van der Waals surface area contributed by atoms with Crippen LogP contribution in [-0.2, 0) is 4.74 Å². The largest absolute Gasteiger partial charge is 0.377 e. The maximum absolute atomic E-state index is 12.6. The van der Waals surface area contributed by atoms with Gasteiger partial charge in [-0.1, -0.05) is 40.8 Å². The number of ether oxygens (including phenoxy) is 1. The monoisotopic (exact) mass is 321 g/mol. The Morgan fingerprint density at radius 3 is 3.00 bits per heavy atom. The van der Waals surface area contributed by atoms with Crippen molar-refractivity contribution in [2.45, 2.75) is 12.8 Å². The SMILES string of the molecule is FC1=CC[C](/C=C/COCCCI)C=C1. The fourth-order valence-electron chi connectivity index (χ4n) is 1.17. The average Bonchev–Trinajstić information content (AvgIpc) is 2.26. The first-order valence-electron chi connectivity index (χ1n) is 5.03. The van der Waals surface area contributed by atoms with Crippen LogP contribution in [0.15, 0.2) is 36.2 Å². The highest BCUT2D eigenvalue weighted by molar-refractivity contribution is 14.1. The van der Waals surface area contributed by atoms with Gasteiger partial charge < -0.3 is 4.74 Å². The molecule has 0 atom stereocenters. The van der Waals surface area contributed by atoms with Gasteiger partial charge in [-0.15, -0.1) is 0 Å². The molecule has 1 rings (SSSR count). The molecule has 0 saturated heterocycles. The molecule has 0 heterocycles. The van der Waals surface area contributed by atoms with Gasteiger partial charge in [0.05, 0.1) is 6.61 Å². The number of allylic oxidation sites excluding steroid dienone is 5. The maximum atomic E-state index is 12.6. The van der Waals surface area contributed by atoms with Crippen LogP contribution in [0.4, 0.5) is 4.39 Å². The number of hydrogen-bond donors (Lipinski definition) is 0. The highest BCUT2D eigenvalue weighted by Crippen LogP contribution is 2.19. The van der Waals surface area contributed by atoms with Gasteiger partial charge in [0.2, 0.25) is 0 Å². The van der Waals surface area contributed by atoms with Gasteiger partial charge in [-0.25, -0.2) is 4.39 Å². The predicted octanol–water partition coefficient (Wildman–Crippen LogP) is 3.77. The van der Waals surface area contributed by atoms with Crippen LogP contribution in [0.2, 0.25) is 0 Å². The van der Waals surface area contributed by atoms with Crippen molar-refractivity contribution < 1.29 is 9.13 Å². The lowest BCUT2D eigenvalue weighted by molar-refractivity contribution is 0.164. The third-order valence-corrected chi connectivity index (χ3v) is 2.72. The summed E-state index contributed by atoms with van der Waals surface area (Å²) in [5.74, 6) is 0.972. The van der Waals surface area contributed by atoms with E-state index in [1.165, 1.54) is 6.08 Å². The number of hydrogen-bond acceptors (Lipinski definition) is 1. The van der Waals surface area contributed by atoms with E-state index in [1.807, 2.05) is 12.2 Å². The summed E-state index contributed by atoms with van der Waals surface area (Å²) in [6, 6.07) is 0. The summed E-state index contributed by atoms with van der Waals surface area (Å²) in [4.78, 5) is 0. The molecule has 0 aliphatic heterocycles. The van der Waals surface area contributed by atoms with E-state index in [0.717, 1.165) is 23.4 Å². The second-order valence-corrected chi connectivity index (χ2v) is 4.30. The lowest BCUT2D eigenvalue weighted by Crippen LogP contribution is -1.96. The van der Waals surface area contributed by atoms with Crippen molar-refractivity contribution in [3.05, 3.63) is 42.1 Å². The summed E-state index contributed by atoms with van der Waals surface area (Å²) >= 11 is 2.33. The molecule has 0 fully saturated rings. The molecule has 1 aliphatic rings. The smallest absolute Gasteiger partial charge is 0.118 e. The van der Waals surface area contributed by atoms with Crippen molar-refractivity contribution in [2.75, 3.05) is 17.6 Å². The fourth-order valence-corrected chi connectivity index (χ4v) is 1.48. The molecule has 3 heteroatoms. The third kappa shape index (κ3) is 6.10. The second-order valence-electron chi connectivity index (χ2n) is 3.22. The highest BCUT2D eigenvalue weighted by Gasteiger charge is 2.04. The Kier molecular flexibility index (Phi) is 6.92. The fraction of sp³-hybridized carbons (Fsp3) is 0.417. The lowest BCUT2D eigenvalue weighted by Gasteiger charge is -2.07. The zero-order valence-corrected chi connectivity index (χ0v) is 10.7. The zero-order chi connectivity index (χ0) is 10.9. The molecule has 0 spiro atoms. The molecule has 1 aliphatic carbocycles. The molecule has 0 aromatic heterocycles. The van der Waals surface area contributed by atoms with Gasteiger partial charge >= 0.3 is 0 Å². The van der Waals surface area contributed by atoms with Crippen LogP contribution in [0, 0.1) is 5.92 Å². The minimum atomic E-state index is -0.148. The summed E-state index contributed by atoms with van der Waals surface area (Å²) in [6.07, 6.45) is 10.6. The van der Waals surface area contributed by atoms with Gasteiger partial charge in [0.25, 0.3) is 0 Å². The van der Waals surface area contributed by atoms with Gasteiger partial charge in [-0.05, 0) is 25.0 Å². The topological polar surface area (TPSA) is 9.23 Å². The first-order valence-corrected chi connectivity index (χ1v) is 6.55. The molecule has 0 aromatic carbocycles. The molecule has 1 radical (unpaired) electrons. The van der Waals surface area contributed by atoms with Crippen LogP contribution in [0.5, 0.6) is 0 Å². The summed E-state index contributed by atoms with van der Waals surface area (Å²) < 4.78 is 19.1.